The summed E-state index contributed by atoms with van der Waals surface area (Å²) in [6.07, 6.45) is 5.33. The lowest BCUT2D eigenvalue weighted by molar-refractivity contribution is 0.0496. The van der Waals surface area contributed by atoms with Crippen LogP contribution in [0.5, 0.6) is 0 Å². The SMILES string of the molecule is CCC1CCC(NC)C(N(C)C(C)COC)C1. The Morgan fingerprint density at radius 2 is 2.12 bits per heavy atom. The van der Waals surface area contributed by atoms with E-state index in [1.54, 1.807) is 7.11 Å². The van der Waals surface area contributed by atoms with E-state index in [1.165, 1.54) is 25.7 Å². The highest BCUT2D eigenvalue weighted by molar-refractivity contribution is 4.90. The van der Waals surface area contributed by atoms with Crippen LogP contribution in [0.3, 0.4) is 0 Å². The van der Waals surface area contributed by atoms with Crippen LogP contribution in [0.4, 0.5) is 0 Å². The fraction of sp³-hybridized carbons (Fsp3) is 1.00. The fourth-order valence-corrected chi connectivity index (χ4v) is 3.07. The molecule has 1 saturated carbocycles. The molecular formula is C14H30N2O. The van der Waals surface area contributed by atoms with Gasteiger partial charge in [-0.2, -0.15) is 0 Å². The van der Waals surface area contributed by atoms with Gasteiger partial charge >= 0.3 is 0 Å². The predicted octanol–water partition coefficient (Wildman–Crippen LogP) is 2.12. The monoisotopic (exact) mass is 242 g/mol. The minimum absolute atomic E-state index is 0.497. The molecule has 0 radical (unpaired) electrons. The highest BCUT2D eigenvalue weighted by Gasteiger charge is 2.33. The molecule has 0 aromatic rings. The number of likely N-dealkylation sites (N-methyl/N-ethyl adjacent to an activating group) is 2. The molecule has 1 aliphatic carbocycles. The first-order valence-corrected chi connectivity index (χ1v) is 7.02. The number of ether oxygens (including phenoxy) is 1. The average Bonchev–Trinajstić information content (AvgIpc) is 2.37. The van der Waals surface area contributed by atoms with Gasteiger partial charge in [0.2, 0.25) is 0 Å². The van der Waals surface area contributed by atoms with Crippen molar-refractivity contribution in [1.29, 1.82) is 0 Å². The molecule has 3 nitrogen and oxygen atoms in total. The minimum Gasteiger partial charge on any atom is -0.383 e. The van der Waals surface area contributed by atoms with Crippen molar-refractivity contribution in [2.75, 3.05) is 27.8 Å². The normalized spacial score (nSPS) is 31.8. The molecule has 1 fully saturated rings. The molecule has 17 heavy (non-hydrogen) atoms. The van der Waals surface area contributed by atoms with Crippen molar-refractivity contribution >= 4 is 0 Å². The Balaban J connectivity index is 2.61. The third-order valence-corrected chi connectivity index (χ3v) is 4.50. The molecule has 1 N–H and O–H groups in total. The van der Waals surface area contributed by atoms with Gasteiger partial charge in [-0.1, -0.05) is 13.3 Å². The highest BCUT2D eigenvalue weighted by Crippen LogP contribution is 2.30. The maximum absolute atomic E-state index is 5.28. The largest absolute Gasteiger partial charge is 0.383 e. The topological polar surface area (TPSA) is 24.5 Å². The van der Waals surface area contributed by atoms with Gasteiger partial charge in [0.15, 0.2) is 0 Å². The third-order valence-electron chi connectivity index (χ3n) is 4.50. The van der Waals surface area contributed by atoms with Gasteiger partial charge in [-0.15, -0.1) is 0 Å². The molecule has 0 saturated heterocycles. The van der Waals surface area contributed by atoms with Crippen molar-refractivity contribution in [1.82, 2.24) is 10.2 Å². The van der Waals surface area contributed by atoms with E-state index < -0.39 is 0 Å². The molecule has 0 amide bonds. The lowest BCUT2D eigenvalue weighted by atomic mass is 9.80. The molecular weight excluding hydrogens is 212 g/mol. The quantitative estimate of drug-likeness (QED) is 0.772. The average molecular weight is 242 g/mol. The zero-order chi connectivity index (χ0) is 12.8. The molecule has 0 aliphatic heterocycles. The Morgan fingerprint density at radius 1 is 1.41 bits per heavy atom. The minimum atomic E-state index is 0.497. The van der Waals surface area contributed by atoms with Crippen molar-refractivity contribution in [3.63, 3.8) is 0 Å². The molecule has 0 aromatic carbocycles. The summed E-state index contributed by atoms with van der Waals surface area (Å²) < 4.78 is 5.28. The Morgan fingerprint density at radius 3 is 2.65 bits per heavy atom. The first kappa shape index (κ1) is 14.9. The molecule has 1 aliphatic rings. The first-order chi connectivity index (χ1) is 8.13. The van der Waals surface area contributed by atoms with Crippen LogP contribution < -0.4 is 5.32 Å². The Bertz CT molecular complexity index is 210. The molecule has 1 rings (SSSR count). The lowest BCUT2D eigenvalue weighted by Crippen LogP contribution is -2.54. The van der Waals surface area contributed by atoms with Gasteiger partial charge in [0.25, 0.3) is 0 Å². The van der Waals surface area contributed by atoms with Crippen LogP contribution in [0.15, 0.2) is 0 Å². The summed E-state index contributed by atoms with van der Waals surface area (Å²) in [5, 5.41) is 3.49. The molecule has 0 heterocycles. The molecule has 102 valence electrons. The van der Waals surface area contributed by atoms with E-state index in [2.05, 4.69) is 38.2 Å². The van der Waals surface area contributed by atoms with Crippen LogP contribution in [-0.2, 0) is 4.74 Å². The third kappa shape index (κ3) is 3.94. The van der Waals surface area contributed by atoms with Gasteiger partial charge in [-0.25, -0.2) is 0 Å². The lowest BCUT2D eigenvalue weighted by Gasteiger charge is -2.43. The summed E-state index contributed by atoms with van der Waals surface area (Å²) in [6.45, 7) is 5.39. The van der Waals surface area contributed by atoms with Crippen LogP contribution in [0.2, 0.25) is 0 Å². The maximum Gasteiger partial charge on any atom is 0.0615 e. The maximum atomic E-state index is 5.28. The van der Waals surface area contributed by atoms with E-state index in [4.69, 9.17) is 4.74 Å². The molecule has 3 heteroatoms. The van der Waals surface area contributed by atoms with Crippen molar-refractivity contribution in [2.24, 2.45) is 5.92 Å². The van der Waals surface area contributed by atoms with E-state index in [0.29, 0.717) is 18.1 Å². The summed E-state index contributed by atoms with van der Waals surface area (Å²) in [5.41, 5.74) is 0. The number of hydrogen-bond donors (Lipinski definition) is 1. The van der Waals surface area contributed by atoms with E-state index in [1.807, 2.05) is 0 Å². The van der Waals surface area contributed by atoms with Gasteiger partial charge in [0, 0.05) is 25.2 Å². The van der Waals surface area contributed by atoms with Crippen LogP contribution >= 0.6 is 0 Å². The van der Waals surface area contributed by atoms with Crippen molar-refractivity contribution < 1.29 is 4.74 Å². The van der Waals surface area contributed by atoms with Crippen LogP contribution in [-0.4, -0.2) is 50.8 Å². The van der Waals surface area contributed by atoms with E-state index >= 15 is 0 Å². The van der Waals surface area contributed by atoms with Gasteiger partial charge in [0.05, 0.1) is 6.61 Å². The van der Waals surface area contributed by atoms with Crippen LogP contribution in [0.25, 0.3) is 0 Å². The summed E-state index contributed by atoms with van der Waals surface area (Å²) in [6, 6.07) is 1.79. The Labute approximate surface area is 107 Å². The summed E-state index contributed by atoms with van der Waals surface area (Å²) >= 11 is 0. The van der Waals surface area contributed by atoms with Crippen molar-refractivity contribution in [2.45, 2.75) is 57.7 Å². The van der Waals surface area contributed by atoms with Crippen molar-refractivity contribution in [3.8, 4) is 0 Å². The number of methoxy groups -OCH3 is 1. The van der Waals surface area contributed by atoms with Crippen molar-refractivity contribution in [3.05, 3.63) is 0 Å². The zero-order valence-corrected chi connectivity index (χ0v) is 12.2. The predicted molar refractivity (Wildman–Crippen MR) is 73.4 cm³/mol. The fourth-order valence-electron chi connectivity index (χ4n) is 3.07. The molecule has 0 bridgehead atoms. The molecule has 4 atom stereocenters. The second-order valence-electron chi connectivity index (χ2n) is 5.52. The van der Waals surface area contributed by atoms with Crippen LogP contribution in [0.1, 0.15) is 39.5 Å². The summed E-state index contributed by atoms with van der Waals surface area (Å²) in [4.78, 5) is 2.51. The van der Waals surface area contributed by atoms with E-state index in [0.717, 1.165) is 12.5 Å². The van der Waals surface area contributed by atoms with E-state index in [9.17, 15) is 0 Å². The molecule has 0 aromatic heterocycles. The summed E-state index contributed by atoms with van der Waals surface area (Å²) in [7, 11) is 6.13. The molecule has 4 unspecified atom stereocenters. The smallest absolute Gasteiger partial charge is 0.0615 e. The van der Waals surface area contributed by atoms with Gasteiger partial charge in [0.1, 0.15) is 0 Å². The van der Waals surface area contributed by atoms with Gasteiger partial charge in [-0.05, 0) is 46.2 Å². The molecule has 0 spiro atoms. The number of nitrogens with zero attached hydrogens (tertiary/aromatic N) is 1. The Hall–Kier alpha value is -0.120. The number of hydrogen-bond acceptors (Lipinski definition) is 3. The second-order valence-corrected chi connectivity index (χ2v) is 5.52. The standard InChI is InChI=1S/C14H30N2O/c1-6-12-7-8-13(15-3)14(9-12)16(4)11(2)10-17-5/h11-15H,6-10H2,1-5H3. The van der Waals surface area contributed by atoms with Gasteiger partial charge in [-0.3, -0.25) is 4.90 Å². The summed E-state index contributed by atoms with van der Waals surface area (Å²) in [5.74, 6) is 0.904. The highest BCUT2D eigenvalue weighted by atomic mass is 16.5. The zero-order valence-electron chi connectivity index (χ0n) is 12.2. The van der Waals surface area contributed by atoms with Crippen LogP contribution in [0, 0.1) is 5.92 Å². The first-order valence-electron chi connectivity index (χ1n) is 7.02. The Kier molecular flexibility index (Phi) is 6.45. The second kappa shape index (κ2) is 7.34. The number of nitrogens with one attached hydrogen (secondary N) is 1. The van der Waals surface area contributed by atoms with Gasteiger partial charge < -0.3 is 10.1 Å². The number of rotatable bonds is 6. The van der Waals surface area contributed by atoms with E-state index in [-0.39, 0.29) is 0 Å².